The zero-order valence-electron chi connectivity index (χ0n) is 12.6. The van der Waals surface area contributed by atoms with Crippen LogP contribution < -0.4 is 11.1 Å². The van der Waals surface area contributed by atoms with Gasteiger partial charge in [0.05, 0.1) is 28.2 Å². The van der Waals surface area contributed by atoms with E-state index in [-0.39, 0.29) is 17.8 Å². The lowest BCUT2D eigenvalue weighted by molar-refractivity contribution is 0.0366. The lowest BCUT2D eigenvalue weighted by Gasteiger charge is -2.15. The number of nitrogens with two attached hydrogens (primary N) is 1. The fourth-order valence-electron chi connectivity index (χ4n) is 2.06. The van der Waals surface area contributed by atoms with Crippen molar-refractivity contribution in [3.05, 3.63) is 4.88 Å². The molecule has 2 rings (SSSR count). The van der Waals surface area contributed by atoms with E-state index in [4.69, 9.17) is 15.2 Å². The number of ether oxygens (including phenoxy) is 2. The fraction of sp³-hybridized carbons (Fsp3) is 0.643. The average molecular weight is 330 g/mol. The van der Waals surface area contributed by atoms with E-state index in [9.17, 15) is 4.79 Å². The molecule has 1 aromatic rings. The van der Waals surface area contributed by atoms with Crippen LogP contribution in [0.25, 0.3) is 0 Å². The standard InChI is InChI=1S/C14H22N2O3S2/c1-18-7-9(19-2)6-16-14-13(20-3)10(15)12(21-14)11(17)8-4-5-8/h8-9,16H,4-7,15H2,1-3H3. The van der Waals surface area contributed by atoms with Crippen LogP contribution in [0.4, 0.5) is 10.7 Å². The molecule has 1 atom stereocenters. The monoisotopic (exact) mass is 330 g/mol. The van der Waals surface area contributed by atoms with E-state index in [2.05, 4.69) is 5.32 Å². The van der Waals surface area contributed by atoms with Crippen molar-refractivity contribution in [2.24, 2.45) is 5.92 Å². The molecule has 1 aliphatic rings. The quantitative estimate of drug-likeness (QED) is 0.536. The van der Waals surface area contributed by atoms with Crippen molar-refractivity contribution in [2.75, 3.05) is 44.7 Å². The van der Waals surface area contributed by atoms with E-state index < -0.39 is 0 Å². The number of nitrogens with one attached hydrogen (secondary N) is 1. The molecule has 1 saturated carbocycles. The summed E-state index contributed by atoms with van der Waals surface area (Å²) in [5.41, 5.74) is 6.77. The Morgan fingerprint density at radius 3 is 2.76 bits per heavy atom. The second kappa shape index (κ2) is 7.49. The van der Waals surface area contributed by atoms with Crippen LogP contribution in [-0.2, 0) is 9.47 Å². The molecule has 0 aromatic carbocycles. The Labute approximate surface area is 133 Å². The number of ketones is 1. The van der Waals surface area contributed by atoms with E-state index >= 15 is 0 Å². The molecule has 7 heteroatoms. The number of anilines is 2. The van der Waals surface area contributed by atoms with Crippen LogP contribution in [-0.4, -0.2) is 45.5 Å². The number of carbonyl (C=O) groups is 1. The highest BCUT2D eigenvalue weighted by Crippen LogP contribution is 2.45. The Balaban J connectivity index is 2.11. The number of thiophene rings is 1. The zero-order valence-corrected chi connectivity index (χ0v) is 14.2. The van der Waals surface area contributed by atoms with Crippen molar-refractivity contribution in [2.45, 2.75) is 23.8 Å². The maximum atomic E-state index is 12.3. The molecule has 0 spiro atoms. The summed E-state index contributed by atoms with van der Waals surface area (Å²) in [5.74, 6) is 0.384. The minimum atomic E-state index is -0.0318. The van der Waals surface area contributed by atoms with Crippen LogP contribution in [0.15, 0.2) is 4.90 Å². The summed E-state index contributed by atoms with van der Waals surface area (Å²) in [6, 6.07) is 0. The molecule has 1 heterocycles. The first kappa shape index (κ1) is 16.6. The largest absolute Gasteiger partial charge is 0.396 e. The number of hydrogen-bond acceptors (Lipinski definition) is 7. The van der Waals surface area contributed by atoms with Crippen LogP contribution in [0.3, 0.4) is 0 Å². The SMILES string of the molecule is COCC(CNc1sc(C(=O)C2CC2)c(N)c1SC)OC. The van der Waals surface area contributed by atoms with Gasteiger partial charge in [-0.25, -0.2) is 0 Å². The predicted octanol–water partition coefficient (Wildman–Crippen LogP) is 2.72. The van der Waals surface area contributed by atoms with Crippen LogP contribution in [0, 0.1) is 5.92 Å². The first-order valence-electron chi connectivity index (χ1n) is 6.88. The molecule has 21 heavy (non-hydrogen) atoms. The Morgan fingerprint density at radius 1 is 1.52 bits per heavy atom. The van der Waals surface area contributed by atoms with Gasteiger partial charge in [-0.1, -0.05) is 0 Å². The third kappa shape index (κ3) is 3.91. The van der Waals surface area contributed by atoms with Gasteiger partial charge in [-0.3, -0.25) is 4.79 Å². The van der Waals surface area contributed by atoms with Gasteiger partial charge in [-0.05, 0) is 19.1 Å². The summed E-state index contributed by atoms with van der Waals surface area (Å²) in [5, 5.41) is 4.28. The highest BCUT2D eigenvalue weighted by Gasteiger charge is 2.34. The molecule has 1 aliphatic carbocycles. The summed E-state index contributed by atoms with van der Waals surface area (Å²) in [7, 11) is 3.31. The number of thioether (sulfide) groups is 1. The van der Waals surface area contributed by atoms with Crippen LogP contribution in [0.5, 0.6) is 0 Å². The molecule has 0 saturated heterocycles. The zero-order chi connectivity index (χ0) is 15.4. The van der Waals surface area contributed by atoms with Gasteiger partial charge >= 0.3 is 0 Å². The second-order valence-electron chi connectivity index (χ2n) is 5.04. The molecule has 0 bridgehead atoms. The minimum absolute atomic E-state index is 0.0318. The van der Waals surface area contributed by atoms with E-state index in [0.717, 1.165) is 22.7 Å². The summed E-state index contributed by atoms with van der Waals surface area (Å²) < 4.78 is 10.4. The third-order valence-electron chi connectivity index (χ3n) is 3.45. The molecular formula is C14H22N2O3S2. The summed E-state index contributed by atoms with van der Waals surface area (Å²) in [4.78, 5) is 13.9. The van der Waals surface area contributed by atoms with Gasteiger partial charge in [0, 0.05) is 26.7 Å². The third-order valence-corrected chi connectivity index (χ3v) is 5.59. The van der Waals surface area contributed by atoms with Crippen molar-refractivity contribution < 1.29 is 14.3 Å². The molecule has 1 aromatic heterocycles. The minimum Gasteiger partial charge on any atom is -0.396 e. The highest BCUT2D eigenvalue weighted by atomic mass is 32.2. The van der Waals surface area contributed by atoms with E-state index in [1.165, 1.54) is 11.3 Å². The van der Waals surface area contributed by atoms with Gasteiger partial charge in [0.1, 0.15) is 5.00 Å². The molecule has 5 nitrogen and oxygen atoms in total. The van der Waals surface area contributed by atoms with Gasteiger partial charge in [-0.2, -0.15) is 0 Å². The molecule has 0 aliphatic heterocycles. The van der Waals surface area contributed by atoms with Crippen LogP contribution in [0.1, 0.15) is 22.5 Å². The number of carbonyl (C=O) groups excluding carboxylic acids is 1. The lowest BCUT2D eigenvalue weighted by atomic mass is 10.2. The second-order valence-corrected chi connectivity index (χ2v) is 6.88. The molecule has 1 unspecified atom stereocenters. The van der Waals surface area contributed by atoms with E-state index in [1.807, 2.05) is 6.26 Å². The van der Waals surface area contributed by atoms with Crippen molar-refractivity contribution in [3.8, 4) is 0 Å². The van der Waals surface area contributed by atoms with Gasteiger partial charge in [-0.15, -0.1) is 23.1 Å². The summed E-state index contributed by atoms with van der Waals surface area (Å²) in [6.45, 7) is 1.14. The first-order chi connectivity index (χ1) is 10.1. The Bertz CT molecular complexity index is 501. The van der Waals surface area contributed by atoms with E-state index in [1.54, 1.807) is 26.0 Å². The normalized spacial score (nSPS) is 16.0. The summed E-state index contributed by atoms with van der Waals surface area (Å²) >= 11 is 3.02. The highest BCUT2D eigenvalue weighted by molar-refractivity contribution is 7.99. The van der Waals surface area contributed by atoms with Crippen molar-refractivity contribution in [3.63, 3.8) is 0 Å². The maximum Gasteiger partial charge on any atom is 0.178 e. The van der Waals surface area contributed by atoms with Crippen LogP contribution >= 0.6 is 23.1 Å². The van der Waals surface area contributed by atoms with Gasteiger partial charge in [0.25, 0.3) is 0 Å². The average Bonchev–Trinajstić information content (AvgIpc) is 3.27. The smallest absolute Gasteiger partial charge is 0.178 e. The van der Waals surface area contributed by atoms with Gasteiger partial charge < -0.3 is 20.5 Å². The molecular weight excluding hydrogens is 308 g/mol. The number of Topliss-reactive ketones (excluding diaryl/α,β-unsaturated/α-hetero) is 1. The number of nitrogen functional groups attached to an aromatic ring is 1. The van der Waals surface area contributed by atoms with Crippen molar-refractivity contribution in [1.29, 1.82) is 0 Å². The summed E-state index contributed by atoms with van der Waals surface area (Å²) in [6.07, 6.45) is 3.92. The van der Waals surface area contributed by atoms with Crippen LogP contribution in [0.2, 0.25) is 0 Å². The molecule has 1 fully saturated rings. The maximum absolute atomic E-state index is 12.3. The predicted molar refractivity (Wildman–Crippen MR) is 88.7 cm³/mol. The number of hydrogen-bond donors (Lipinski definition) is 2. The molecule has 3 N–H and O–H groups in total. The Kier molecular flexibility index (Phi) is 5.92. The van der Waals surface area contributed by atoms with E-state index in [0.29, 0.717) is 23.7 Å². The number of methoxy groups -OCH3 is 2. The lowest BCUT2D eigenvalue weighted by Crippen LogP contribution is -2.26. The Hall–Kier alpha value is -0.760. The topological polar surface area (TPSA) is 73.6 Å². The van der Waals surface area contributed by atoms with Crippen molar-refractivity contribution >= 4 is 39.6 Å². The molecule has 0 amide bonds. The fourth-order valence-corrected chi connectivity index (χ4v) is 4.13. The molecule has 118 valence electrons. The Morgan fingerprint density at radius 2 is 2.24 bits per heavy atom. The van der Waals surface area contributed by atoms with Gasteiger partial charge in [0.2, 0.25) is 0 Å². The molecule has 0 radical (unpaired) electrons. The van der Waals surface area contributed by atoms with Gasteiger partial charge in [0.15, 0.2) is 5.78 Å². The van der Waals surface area contributed by atoms with Crippen molar-refractivity contribution in [1.82, 2.24) is 0 Å². The number of rotatable bonds is 9. The first-order valence-corrected chi connectivity index (χ1v) is 8.92.